The lowest BCUT2D eigenvalue weighted by Gasteiger charge is -2.07. The molecule has 128 valence electrons. The van der Waals surface area contributed by atoms with Crippen LogP contribution in [0.1, 0.15) is 16.1 Å². The van der Waals surface area contributed by atoms with Crippen molar-refractivity contribution in [3.63, 3.8) is 0 Å². The largest absolute Gasteiger partial charge is 0.442 e. The zero-order chi connectivity index (χ0) is 18.0. The third kappa shape index (κ3) is 3.61. The highest BCUT2D eigenvalue weighted by Crippen LogP contribution is 2.20. The van der Waals surface area contributed by atoms with Crippen LogP contribution in [-0.2, 0) is 4.79 Å². The number of hydrogen-bond acceptors (Lipinski definition) is 5. The number of carbonyl (C=O) groups is 2. The van der Waals surface area contributed by atoms with E-state index >= 15 is 0 Å². The molecule has 3 rings (SSSR count). The zero-order valence-corrected chi connectivity index (χ0v) is 14.6. The van der Waals surface area contributed by atoms with Gasteiger partial charge < -0.3 is 20.0 Å². The van der Waals surface area contributed by atoms with Gasteiger partial charge in [-0.15, -0.1) is 0 Å². The molecule has 2 amide bonds. The number of nitrogens with one attached hydrogen (secondary N) is 3. The summed E-state index contributed by atoms with van der Waals surface area (Å²) in [6, 6.07) is 7.02. The molecule has 0 atom stereocenters. The molecule has 0 aliphatic carbocycles. The van der Waals surface area contributed by atoms with E-state index in [0.717, 1.165) is 4.47 Å². The molecule has 25 heavy (non-hydrogen) atoms. The zero-order valence-electron chi connectivity index (χ0n) is 13.1. The van der Waals surface area contributed by atoms with Gasteiger partial charge in [0.25, 0.3) is 11.5 Å². The number of fused-ring (bicyclic) bond motifs is 1. The Balaban J connectivity index is 1.71. The number of aryl methyl sites for hydroxylation is 1. The minimum atomic E-state index is -0.583. The Morgan fingerprint density at radius 2 is 2.00 bits per heavy atom. The molecule has 0 radical (unpaired) electrons. The monoisotopic (exact) mass is 404 g/mol. The number of carbonyl (C=O) groups excluding carboxylic acids is 2. The molecule has 0 unspecified atom stereocenters. The van der Waals surface area contributed by atoms with E-state index in [1.54, 1.807) is 31.2 Å². The maximum atomic E-state index is 12.4. The summed E-state index contributed by atoms with van der Waals surface area (Å²) in [6.45, 7) is 1.30. The van der Waals surface area contributed by atoms with Crippen LogP contribution in [0.4, 0.5) is 5.69 Å². The first-order valence-corrected chi connectivity index (χ1v) is 8.05. The van der Waals surface area contributed by atoms with Crippen molar-refractivity contribution in [3.8, 4) is 0 Å². The van der Waals surface area contributed by atoms with Crippen molar-refractivity contribution in [1.82, 2.24) is 15.3 Å². The van der Waals surface area contributed by atoms with Crippen LogP contribution in [0.2, 0.25) is 0 Å². The Morgan fingerprint density at radius 3 is 2.72 bits per heavy atom. The van der Waals surface area contributed by atoms with Crippen LogP contribution in [-0.4, -0.2) is 28.3 Å². The van der Waals surface area contributed by atoms with E-state index < -0.39 is 17.4 Å². The molecule has 3 N–H and O–H groups in total. The summed E-state index contributed by atoms with van der Waals surface area (Å²) < 4.78 is 6.21. The van der Waals surface area contributed by atoms with E-state index in [0.29, 0.717) is 5.69 Å². The maximum absolute atomic E-state index is 12.4. The Kier molecular flexibility index (Phi) is 4.66. The Labute approximate surface area is 149 Å². The quantitative estimate of drug-likeness (QED) is 0.614. The Bertz CT molecular complexity index is 1010. The van der Waals surface area contributed by atoms with Gasteiger partial charge in [0.2, 0.25) is 11.6 Å². The first-order chi connectivity index (χ1) is 12.0. The maximum Gasteiger partial charge on any atom is 0.262 e. The SMILES string of the molecule is Cc1oc2nc[nH]c(=O)c2c1C(=O)NCC(=O)Nc1ccc(Br)cc1. The van der Waals surface area contributed by atoms with Gasteiger partial charge in [-0.3, -0.25) is 14.4 Å². The standard InChI is InChI=1S/C16H13BrN4O4/c1-8-12(13-15(24)19-7-20-16(13)25-8)14(23)18-6-11(22)21-10-4-2-9(17)3-5-10/h2-5,7H,6H2,1H3,(H,18,23)(H,21,22)(H,19,20,24). The smallest absolute Gasteiger partial charge is 0.262 e. The summed E-state index contributed by atoms with van der Waals surface area (Å²) in [5, 5.41) is 5.19. The number of rotatable bonds is 4. The highest BCUT2D eigenvalue weighted by Gasteiger charge is 2.21. The van der Waals surface area contributed by atoms with Gasteiger partial charge in [-0.2, -0.15) is 0 Å². The topological polar surface area (TPSA) is 117 Å². The van der Waals surface area contributed by atoms with Gasteiger partial charge in [-0.25, -0.2) is 4.98 Å². The summed E-state index contributed by atoms with van der Waals surface area (Å²) in [6.07, 6.45) is 1.20. The summed E-state index contributed by atoms with van der Waals surface area (Å²) >= 11 is 3.30. The van der Waals surface area contributed by atoms with E-state index in [1.165, 1.54) is 6.33 Å². The highest BCUT2D eigenvalue weighted by molar-refractivity contribution is 9.10. The third-order valence-corrected chi connectivity index (χ3v) is 3.96. The van der Waals surface area contributed by atoms with E-state index in [1.807, 2.05) is 0 Å². The predicted molar refractivity (Wildman–Crippen MR) is 94.5 cm³/mol. The number of halogens is 1. The number of hydrogen-bond donors (Lipinski definition) is 3. The summed E-state index contributed by atoms with van der Waals surface area (Å²) in [5.74, 6) is -0.723. The molecule has 0 fully saturated rings. The molecule has 2 aromatic heterocycles. The van der Waals surface area contributed by atoms with Crippen LogP contribution < -0.4 is 16.2 Å². The van der Waals surface area contributed by atoms with Gasteiger partial charge in [-0.1, -0.05) is 15.9 Å². The van der Waals surface area contributed by atoms with Crippen LogP contribution in [0.15, 0.2) is 44.3 Å². The van der Waals surface area contributed by atoms with Crippen LogP contribution >= 0.6 is 15.9 Å². The van der Waals surface area contributed by atoms with Gasteiger partial charge in [0.1, 0.15) is 11.1 Å². The van der Waals surface area contributed by atoms with Crippen molar-refractivity contribution in [1.29, 1.82) is 0 Å². The number of aromatic amines is 1. The Hall–Kier alpha value is -2.94. The summed E-state index contributed by atoms with van der Waals surface area (Å²) in [4.78, 5) is 42.5. The molecular formula is C16H13BrN4O4. The second-order valence-electron chi connectivity index (χ2n) is 5.18. The van der Waals surface area contributed by atoms with Gasteiger partial charge >= 0.3 is 0 Å². The van der Waals surface area contributed by atoms with Crippen LogP contribution in [0, 0.1) is 6.92 Å². The van der Waals surface area contributed by atoms with E-state index in [9.17, 15) is 14.4 Å². The fraction of sp³-hybridized carbons (Fsp3) is 0.125. The van der Waals surface area contributed by atoms with E-state index in [4.69, 9.17) is 4.42 Å². The van der Waals surface area contributed by atoms with Gasteiger partial charge in [-0.05, 0) is 31.2 Å². The number of aromatic nitrogens is 2. The summed E-state index contributed by atoms with van der Waals surface area (Å²) in [7, 11) is 0. The van der Waals surface area contributed by atoms with E-state index in [-0.39, 0.29) is 29.0 Å². The van der Waals surface area contributed by atoms with Gasteiger partial charge in [0.15, 0.2) is 0 Å². The van der Waals surface area contributed by atoms with Crippen LogP contribution in [0.25, 0.3) is 11.1 Å². The van der Waals surface area contributed by atoms with Crippen molar-refractivity contribution in [3.05, 3.63) is 56.7 Å². The number of furan rings is 1. The molecule has 8 nitrogen and oxygen atoms in total. The molecule has 0 aliphatic rings. The number of amides is 2. The molecule has 1 aromatic carbocycles. The molecule has 0 bridgehead atoms. The number of anilines is 1. The molecule has 2 heterocycles. The molecule has 3 aromatic rings. The lowest BCUT2D eigenvalue weighted by molar-refractivity contribution is -0.115. The third-order valence-electron chi connectivity index (χ3n) is 3.43. The van der Waals surface area contributed by atoms with Crippen molar-refractivity contribution in [2.45, 2.75) is 6.92 Å². The van der Waals surface area contributed by atoms with E-state index in [2.05, 4.69) is 36.5 Å². The Morgan fingerprint density at radius 1 is 1.28 bits per heavy atom. The molecule has 0 saturated heterocycles. The fourth-order valence-corrected chi connectivity index (χ4v) is 2.58. The molecule has 0 spiro atoms. The molecule has 0 saturated carbocycles. The average Bonchev–Trinajstić information content (AvgIpc) is 2.92. The molecular weight excluding hydrogens is 392 g/mol. The number of nitrogens with zero attached hydrogens (tertiary/aromatic N) is 1. The lowest BCUT2D eigenvalue weighted by atomic mass is 10.2. The van der Waals surface area contributed by atoms with Crippen molar-refractivity contribution >= 4 is 44.5 Å². The number of benzene rings is 1. The van der Waals surface area contributed by atoms with Crippen molar-refractivity contribution < 1.29 is 14.0 Å². The van der Waals surface area contributed by atoms with Crippen molar-refractivity contribution in [2.24, 2.45) is 0 Å². The predicted octanol–water partition coefficient (Wildman–Crippen LogP) is 1.96. The minimum absolute atomic E-state index is 0.0609. The van der Waals surface area contributed by atoms with Crippen LogP contribution in [0.3, 0.4) is 0 Å². The second-order valence-corrected chi connectivity index (χ2v) is 6.10. The molecule has 0 aliphatic heterocycles. The minimum Gasteiger partial charge on any atom is -0.442 e. The molecule has 9 heteroatoms. The normalized spacial score (nSPS) is 10.6. The van der Waals surface area contributed by atoms with Crippen LogP contribution in [0.5, 0.6) is 0 Å². The summed E-state index contributed by atoms with van der Waals surface area (Å²) in [5.41, 5.74) is 0.269. The lowest BCUT2D eigenvalue weighted by Crippen LogP contribution is -2.33. The highest BCUT2D eigenvalue weighted by atomic mass is 79.9. The van der Waals surface area contributed by atoms with Crippen molar-refractivity contribution in [2.75, 3.05) is 11.9 Å². The first-order valence-electron chi connectivity index (χ1n) is 7.26. The average molecular weight is 405 g/mol. The van der Waals surface area contributed by atoms with Gasteiger partial charge in [0.05, 0.1) is 18.4 Å². The van der Waals surface area contributed by atoms with Gasteiger partial charge in [0, 0.05) is 10.2 Å². The first kappa shape index (κ1) is 16.9. The second kappa shape index (κ2) is 6.89. The fourth-order valence-electron chi connectivity index (χ4n) is 2.31. The number of H-pyrrole nitrogens is 1.